The van der Waals surface area contributed by atoms with Crippen LogP contribution in [0.25, 0.3) is 53.8 Å². The summed E-state index contributed by atoms with van der Waals surface area (Å²) >= 11 is 1.51. The van der Waals surface area contributed by atoms with Crippen LogP contribution in [-0.2, 0) is 26.5 Å². The summed E-state index contributed by atoms with van der Waals surface area (Å²) in [4.78, 5) is 8.96. The van der Waals surface area contributed by atoms with Crippen molar-refractivity contribution in [3.05, 3.63) is 138 Å². The quantitative estimate of drug-likeness (QED) is 0.127. The molecule has 3 aromatic heterocycles. The Labute approximate surface area is 322 Å². The van der Waals surface area contributed by atoms with Gasteiger partial charge in [0.2, 0.25) is 0 Å². The minimum Gasteiger partial charge on any atom is -0.305 e. The minimum atomic E-state index is -2.29. The van der Waals surface area contributed by atoms with Crippen molar-refractivity contribution in [3.63, 3.8) is 0 Å². The average Bonchev–Trinajstić information content (AvgIpc) is 3.51. The van der Waals surface area contributed by atoms with Crippen LogP contribution in [-0.4, -0.2) is 18.0 Å². The molecule has 0 amide bonds. The maximum atomic E-state index is 8.63. The van der Waals surface area contributed by atoms with Gasteiger partial charge < -0.3 is 9.97 Å². The molecule has 0 bridgehead atoms. The molecule has 251 valence electrons. The smallest absolute Gasteiger partial charge is 0.0795 e. The van der Waals surface area contributed by atoms with Gasteiger partial charge in [-0.25, -0.2) is 0 Å². The van der Waals surface area contributed by atoms with Crippen molar-refractivity contribution >= 4 is 44.8 Å². The number of pyridine rings is 2. The van der Waals surface area contributed by atoms with Crippen molar-refractivity contribution in [3.8, 4) is 33.6 Å². The van der Waals surface area contributed by atoms with Gasteiger partial charge in [0.1, 0.15) is 0 Å². The summed E-state index contributed by atoms with van der Waals surface area (Å²) in [5, 5.41) is 2.90. The molecule has 3 heterocycles. The molecule has 0 fully saturated rings. The third kappa shape index (κ3) is 8.71. The third-order valence-electron chi connectivity index (χ3n) is 7.92. The number of nitrogens with zero attached hydrogens (tertiary/aromatic N) is 2. The molecule has 0 spiro atoms. The van der Waals surface area contributed by atoms with Crippen molar-refractivity contribution in [1.82, 2.24) is 9.97 Å². The third-order valence-corrected chi connectivity index (χ3v) is 11.0. The molecule has 0 aliphatic carbocycles. The first-order chi connectivity index (χ1) is 26.1. The Morgan fingerprint density at radius 1 is 0.837 bits per heavy atom. The number of benzene rings is 4. The molecule has 0 unspecified atom stereocenters. The molecule has 0 aliphatic heterocycles. The van der Waals surface area contributed by atoms with E-state index < -0.39 is 33.6 Å². The number of hydrogen-bond donors (Lipinski definition) is 0. The molecule has 0 saturated heterocycles. The summed E-state index contributed by atoms with van der Waals surface area (Å²) in [6.45, 7) is 8.12. The summed E-state index contributed by atoms with van der Waals surface area (Å²) in [7, 11) is -1.34. The molecule has 49 heavy (non-hydrogen) atoms. The van der Waals surface area contributed by atoms with E-state index in [2.05, 4.69) is 47.8 Å². The first kappa shape index (κ1) is 27.0. The molecular weight excluding hydrogens is 809 g/mol. The standard InChI is InChI=1S/C29H26NS.C15H18NSi.Ir/c1-19-23(21-8-6-5-7-9-21)12-13-26-28(19)24-11-10-22(17-27(24)31-26)25-16-20(14-15-30-25)18-29(2,3)4;1-12-5-7-13(8-6-12)15-10-9-14(11-16-15)17(2,3)4;/h5-16H,18H2,1-4H3;5-7,9-11H,1-4H3;/q2*-1;/i1D3,18D2;1D3;. The molecular formula is C44H44IrN2SSi-2. The fourth-order valence-corrected chi connectivity index (χ4v) is 7.62. The van der Waals surface area contributed by atoms with Gasteiger partial charge in [0.25, 0.3) is 0 Å². The van der Waals surface area contributed by atoms with E-state index in [1.165, 1.54) is 22.6 Å². The molecule has 0 atom stereocenters. The number of aryl methyl sites for hydroxylation is 2. The van der Waals surface area contributed by atoms with Gasteiger partial charge in [0, 0.05) is 48.2 Å². The maximum Gasteiger partial charge on any atom is 0.0795 e. The molecule has 0 aliphatic rings. The first-order valence-electron chi connectivity index (χ1n) is 20.0. The summed E-state index contributed by atoms with van der Waals surface area (Å²) in [5.74, 6) is 0. The van der Waals surface area contributed by atoms with Crippen molar-refractivity contribution in [1.29, 1.82) is 0 Å². The van der Waals surface area contributed by atoms with Crippen molar-refractivity contribution in [2.75, 3.05) is 0 Å². The largest absolute Gasteiger partial charge is 0.305 e. The van der Waals surface area contributed by atoms with E-state index in [0.717, 1.165) is 42.6 Å². The van der Waals surface area contributed by atoms with Gasteiger partial charge >= 0.3 is 0 Å². The monoisotopic (exact) mass is 861 g/mol. The Morgan fingerprint density at radius 2 is 1.63 bits per heavy atom. The number of fused-ring (bicyclic) bond motifs is 3. The normalized spacial score (nSPS) is 14.8. The summed E-state index contributed by atoms with van der Waals surface area (Å²) < 4.78 is 66.1. The fourth-order valence-electron chi connectivity index (χ4n) is 5.47. The van der Waals surface area contributed by atoms with Gasteiger partial charge in [-0.3, -0.25) is 0 Å². The van der Waals surface area contributed by atoms with Crippen molar-refractivity contribution in [2.45, 2.75) is 60.5 Å². The summed E-state index contributed by atoms with van der Waals surface area (Å²) in [6, 6.07) is 36.3. The number of aromatic nitrogens is 2. The van der Waals surface area contributed by atoms with E-state index in [-0.39, 0.29) is 20.1 Å². The van der Waals surface area contributed by atoms with Crippen LogP contribution in [0.4, 0.5) is 0 Å². The molecule has 0 saturated carbocycles. The summed E-state index contributed by atoms with van der Waals surface area (Å²) in [6.07, 6.45) is 2.03. The molecule has 2 nitrogen and oxygen atoms in total. The number of thiophene rings is 1. The predicted octanol–water partition coefficient (Wildman–Crippen LogP) is 11.9. The van der Waals surface area contributed by atoms with E-state index in [4.69, 9.17) is 11.0 Å². The van der Waals surface area contributed by atoms with Crippen LogP contribution < -0.4 is 5.19 Å². The van der Waals surface area contributed by atoms with E-state index in [9.17, 15) is 0 Å². The molecule has 7 rings (SSSR count). The number of rotatable bonds is 5. The van der Waals surface area contributed by atoms with E-state index in [1.807, 2.05) is 87.6 Å². The molecule has 7 aromatic rings. The van der Waals surface area contributed by atoms with Gasteiger partial charge in [-0.2, -0.15) is 11.3 Å². The van der Waals surface area contributed by atoms with E-state index in [1.54, 1.807) is 30.5 Å². The molecule has 5 heteroatoms. The second kappa shape index (κ2) is 15.0. The van der Waals surface area contributed by atoms with Gasteiger partial charge in [0.15, 0.2) is 0 Å². The van der Waals surface area contributed by atoms with Gasteiger partial charge in [-0.15, -0.1) is 59.2 Å². The Bertz CT molecular complexity index is 2430. The maximum absolute atomic E-state index is 8.63. The van der Waals surface area contributed by atoms with Crippen LogP contribution in [0.2, 0.25) is 19.6 Å². The zero-order valence-corrected chi connectivity index (χ0v) is 32.7. The van der Waals surface area contributed by atoms with Crippen LogP contribution in [0, 0.1) is 31.3 Å². The number of hydrogen-bond acceptors (Lipinski definition) is 3. The Hall–Kier alpha value is -3.73. The Morgan fingerprint density at radius 3 is 2.29 bits per heavy atom. The average molecular weight is 861 g/mol. The van der Waals surface area contributed by atoms with E-state index >= 15 is 0 Å². The van der Waals surface area contributed by atoms with Crippen LogP contribution in [0.5, 0.6) is 0 Å². The first-order valence-corrected chi connectivity index (χ1v) is 20.3. The zero-order chi connectivity index (χ0) is 40.8. The van der Waals surface area contributed by atoms with Crippen LogP contribution >= 0.6 is 11.3 Å². The Balaban J connectivity index is 0.000000251. The molecule has 1 radical (unpaired) electrons. The summed E-state index contributed by atoms with van der Waals surface area (Å²) in [5.41, 5.74) is 5.28. The van der Waals surface area contributed by atoms with Gasteiger partial charge in [0.05, 0.1) is 8.07 Å². The molecule has 0 N–H and O–H groups in total. The topological polar surface area (TPSA) is 25.8 Å². The second-order valence-corrected chi connectivity index (χ2v) is 20.1. The van der Waals surface area contributed by atoms with Crippen LogP contribution in [0.1, 0.15) is 48.4 Å². The second-order valence-electron chi connectivity index (χ2n) is 13.9. The van der Waals surface area contributed by atoms with E-state index in [0.29, 0.717) is 27.9 Å². The predicted molar refractivity (Wildman–Crippen MR) is 211 cm³/mol. The van der Waals surface area contributed by atoms with Gasteiger partial charge in [-0.05, 0) is 74.1 Å². The Kier molecular flexibility index (Phi) is 8.29. The molecule has 4 aromatic carbocycles. The SMILES string of the molecule is [2H]C([2H])([2H])c1c(-c2ccccc2)ccc2sc3[c-]c(-c4cc(C([2H])([2H])C(C)(C)C)ccn4)ccc3c12.[2H]C([2H])([2H])c1c[c-]c(-c2ccc([Si](C)(C)C)cn2)cc1.[Ir]. The fraction of sp³-hybridized carbons (Fsp3) is 0.227. The van der Waals surface area contributed by atoms with Crippen molar-refractivity contribution in [2.24, 2.45) is 5.41 Å². The minimum absolute atomic E-state index is 0. The van der Waals surface area contributed by atoms with Gasteiger partial charge in [-0.1, -0.05) is 113 Å². The van der Waals surface area contributed by atoms with Crippen LogP contribution in [0.15, 0.2) is 109 Å². The van der Waals surface area contributed by atoms with Crippen molar-refractivity contribution < 1.29 is 31.1 Å². The zero-order valence-electron chi connectivity index (χ0n) is 36.5. The van der Waals surface area contributed by atoms with Crippen LogP contribution in [0.3, 0.4) is 0 Å².